The first kappa shape index (κ1) is 13.7. The van der Waals surface area contributed by atoms with E-state index in [4.69, 9.17) is 20.1 Å². The molecular formula is C12H14FNO5. The van der Waals surface area contributed by atoms with Crippen LogP contribution in [-0.2, 0) is 6.42 Å². The van der Waals surface area contributed by atoms with Crippen LogP contribution in [0.2, 0.25) is 0 Å². The zero-order valence-corrected chi connectivity index (χ0v) is 10.2. The third kappa shape index (κ3) is 3.01. The van der Waals surface area contributed by atoms with Crippen molar-refractivity contribution >= 4 is 5.91 Å². The van der Waals surface area contributed by atoms with Gasteiger partial charge < -0.3 is 20.1 Å². The monoisotopic (exact) mass is 271 g/mol. The molecule has 0 fully saturated rings. The topological polar surface area (TPSA) is 99.0 Å². The zero-order valence-electron chi connectivity index (χ0n) is 10.2. The van der Waals surface area contributed by atoms with Gasteiger partial charge >= 0.3 is 6.10 Å². The summed E-state index contributed by atoms with van der Waals surface area (Å²) in [7, 11) is 0. The standard InChI is InChI=1S/C12H14FNO5/c1-6-2-7-4-8(5-13)19-10(7)9(3-6)11(15)14-12(16,17)18/h2-3,8,16-18H,4-5H2,1H3,(H,14,15). The van der Waals surface area contributed by atoms with E-state index in [1.807, 2.05) is 0 Å². The molecule has 6 nitrogen and oxygen atoms in total. The molecule has 1 atom stereocenters. The predicted molar refractivity (Wildman–Crippen MR) is 62.1 cm³/mol. The van der Waals surface area contributed by atoms with Crippen LogP contribution in [0.3, 0.4) is 0 Å². The summed E-state index contributed by atoms with van der Waals surface area (Å²) in [6, 6.07) is 3.23. The number of aliphatic hydroxyl groups is 3. The van der Waals surface area contributed by atoms with E-state index < -0.39 is 24.8 Å². The minimum Gasteiger partial charge on any atom is -0.486 e. The average molecular weight is 271 g/mol. The minimum absolute atomic E-state index is 0.0208. The van der Waals surface area contributed by atoms with E-state index in [0.717, 1.165) is 5.56 Å². The number of aryl methyl sites for hydroxylation is 1. The number of ether oxygens (including phenoxy) is 1. The summed E-state index contributed by atoms with van der Waals surface area (Å²) in [5.74, 6) is -0.720. The molecule has 0 radical (unpaired) electrons. The van der Waals surface area contributed by atoms with Crippen molar-refractivity contribution in [2.45, 2.75) is 25.5 Å². The van der Waals surface area contributed by atoms with Gasteiger partial charge in [0, 0.05) is 6.42 Å². The normalized spacial score (nSPS) is 17.8. The number of halogens is 1. The van der Waals surface area contributed by atoms with Crippen molar-refractivity contribution in [2.24, 2.45) is 0 Å². The molecule has 4 N–H and O–H groups in total. The molecule has 2 rings (SSSR count). The Labute approximate surface area is 108 Å². The fourth-order valence-electron chi connectivity index (χ4n) is 2.07. The molecule has 1 aromatic carbocycles. The number of benzene rings is 1. The van der Waals surface area contributed by atoms with E-state index in [0.29, 0.717) is 12.0 Å². The third-order valence-electron chi connectivity index (χ3n) is 2.74. The van der Waals surface area contributed by atoms with Gasteiger partial charge in [-0.1, -0.05) is 6.07 Å². The first-order chi connectivity index (χ1) is 8.80. The highest BCUT2D eigenvalue weighted by Crippen LogP contribution is 2.34. The third-order valence-corrected chi connectivity index (χ3v) is 2.74. The van der Waals surface area contributed by atoms with Crippen LogP contribution in [0.5, 0.6) is 5.75 Å². The van der Waals surface area contributed by atoms with Crippen LogP contribution >= 0.6 is 0 Å². The van der Waals surface area contributed by atoms with Gasteiger partial charge in [0.1, 0.15) is 18.5 Å². The van der Waals surface area contributed by atoms with E-state index in [1.54, 1.807) is 18.3 Å². The molecule has 0 aromatic heterocycles. The van der Waals surface area contributed by atoms with Crippen LogP contribution in [0.25, 0.3) is 0 Å². The Morgan fingerprint density at radius 3 is 2.79 bits per heavy atom. The van der Waals surface area contributed by atoms with E-state index in [2.05, 4.69) is 0 Å². The molecule has 0 saturated carbocycles. The Morgan fingerprint density at radius 2 is 2.21 bits per heavy atom. The maximum Gasteiger partial charge on any atom is 0.369 e. The number of hydrogen-bond donors (Lipinski definition) is 4. The molecule has 0 bridgehead atoms. The first-order valence-corrected chi connectivity index (χ1v) is 5.66. The van der Waals surface area contributed by atoms with Crippen molar-refractivity contribution in [1.29, 1.82) is 0 Å². The van der Waals surface area contributed by atoms with Gasteiger partial charge in [-0.15, -0.1) is 0 Å². The molecule has 104 valence electrons. The van der Waals surface area contributed by atoms with Crippen molar-refractivity contribution in [3.63, 3.8) is 0 Å². The van der Waals surface area contributed by atoms with Crippen molar-refractivity contribution in [1.82, 2.24) is 5.32 Å². The Morgan fingerprint density at radius 1 is 1.53 bits per heavy atom. The van der Waals surface area contributed by atoms with Gasteiger partial charge in [0.2, 0.25) is 0 Å². The summed E-state index contributed by atoms with van der Waals surface area (Å²) in [5, 5.41) is 27.8. The van der Waals surface area contributed by atoms with Crippen molar-refractivity contribution in [3.05, 3.63) is 28.8 Å². The summed E-state index contributed by atoms with van der Waals surface area (Å²) in [5.41, 5.74) is 1.44. The fraction of sp³-hybridized carbons (Fsp3) is 0.417. The Hall–Kier alpha value is -1.70. The van der Waals surface area contributed by atoms with Gasteiger partial charge in [-0.05, 0) is 24.1 Å². The van der Waals surface area contributed by atoms with Gasteiger partial charge in [0.05, 0.1) is 5.56 Å². The molecule has 1 aliphatic rings. The second-order valence-corrected chi connectivity index (χ2v) is 4.49. The molecule has 0 spiro atoms. The summed E-state index contributed by atoms with van der Waals surface area (Å²) in [4.78, 5) is 11.8. The molecule has 19 heavy (non-hydrogen) atoms. The van der Waals surface area contributed by atoms with Crippen LogP contribution in [0, 0.1) is 6.92 Å². The number of rotatable bonds is 3. The van der Waals surface area contributed by atoms with Gasteiger partial charge in [-0.2, -0.15) is 0 Å². The van der Waals surface area contributed by atoms with E-state index in [9.17, 15) is 9.18 Å². The maximum atomic E-state index is 12.6. The molecule has 1 heterocycles. The highest BCUT2D eigenvalue weighted by atomic mass is 19.1. The highest BCUT2D eigenvalue weighted by molar-refractivity contribution is 5.98. The number of hydrogen-bond acceptors (Lipinski definition) is 5. The number of amides is 1. The van der Waals surface area contributed by atoms with E-state index in [-0.39, 0.29) is 11.3 Å². The Balaban J connectivity index is 2.35. The molecule has 1 amide bonds. The van der Waals surface area contributed by atoms with Crippen molar-refractivity contribution < 1.29 is 29.2 Å². The predicted octanol–water partition coefficient (Wildman–Crippen LogP) is -0.414. The fourth-order valence-corrected chi connectivity index (χ4v) is 2.07. The minimum atomic E-state index is -3.31. The van der Waals surface area contributed by atoms with Gasteiger partial charge in [-0.25, -0.2) is 4.39 Å². The summed E-state index contributed by atoms with van der Waals surface area (Å²) < 4.78 is 17.9. The number of fused-ring (bicyclic) bond motifs is 1. The summed E-state index contributed by atoms with van der Waals surface area (Å²) in [6.45, 7) is 1.06. The number of carbonyl (C=O) groups excluding carboxylic acids is 1. The second-order valence-electron chi connectivity index (χ2n) is 4.49. The summed E-state index contributed by atoms with van der Waals surface area (Å²) in [6.07, 6.45) is -3.62. The number of carbonyl (C=O) groups is 1. The molecule has 7 heteroatoms. The molecule has 1 aromatic rings. The van der Waals surface area contributed by atoms with Gasteiger partial charge in [0.25, 0.3) is 5.91 Å². The zero-order chi connectivity index (χ0) is 14.2. The molecule has 1 unspecified atom stereocenters. The van der Waals surface area contributed by atoms with Crippen LogP contribution in [0.15, 0.2) is 12.1 Å². The van der Waals surface area contributed by atoms with E-state index >= 15 is 0 Å². The highest BCUT2D eigenvalue weighted by Gasteiger charge is 2.30. The largest absolute Gasteiger partial charge is 0.486 e. The lowest BCUT2D eigenvalue weighted by atomic mass is 10.0. The van der Waals surface area contributed by atoms with E-state index in [1.165, 1.54) is 6.07 Å². The lowest BCUT2D eigenvalue weighted by Gasteiger charge is -2.17. The van der Waals surface area contributed by atoms with Crippen molar-refractivity contribution in [2.75, 3.05) is 6.67 Å². The molecule has 0 aliphatic carbocycles. The molecular weight excluding hydrogens is 257 g/mol. The van der Waals surface area contributed by atoms with Gasteiger partial charge in [0.15, 0.2) is 0 Å². The van der Waals surface area contributed by atoms with Crippen LogP contribution in [0.1, 0.15) is 21.5 Å². The molecule has 0 saturated heterocycles. The Bertz CT molecular complexity index is 512. The lowest BCUT2D eigenvalue weighted by Crippen LogP contribution is -2.48. The molecule has 1 aliphatic heterocycles. The number of nitrogens with one attached hydrogen (secondary N) is 1. The average Bonchev–Trinajstić information content (AvgIpc) is 2.68. The first-order valence-electron chi connectivity index (χ1n) is 5.66. The Kier molecular flexibility index (Phi) is 3.44. The SMILES string of the molecule is Cc1cc2c(c(C(=O)NC(O)(O)O)c1)OC(CF)C2. The van der Waals surface area contributed by atoms with Crippen LogP contribution in [0.4, 0.5) is 4.39 Å². The van der Waals surface area contributed by atoms with Crippen molar-refractivity contribution in [3.8, 4) is 5.75 Å². The summed E-state index contributed by atoms with van der Waals surface area (Å²) >= 11 is 0. The van der Waals surface area contributed by atoms with Crippen LogP contribution < -0.4 is 10.1 Å². The second kappa shape index (κ2) is 4.76. The smallest absolute Gasteiger partial charge is 0.369 e. The van der Waals surface area contributed by atoms with Gasteiger partial charge in [-0.3, -0.25) is 10.1 Å². The lowest BCUT2D eigenvalue weighted by molar-refractivity contribution is -0.323. The maximum absolute atomic E-state index is 12.6. The van der Waals surface area contributed by atoms with Crippen LogP contribution in [-0.4, -0.2) is 40.1 Å². The quantitative estimate of drug-likeness (QED) is 0.560. The number of alkyl halides is 1.